The number of methoxy groups -OCH3 is 2. The summed E-state index contributed by atoms with van der Waals surface area (Å²) in [6, 6.07) is 16.7. The lowest BCUT2D eigenvalue weighted by molar-refractivity contribution is -0.127. The summed E-state index contributed by atoms with van der Waals surface area (Å²) in [6.45, 7) is 4.33. The minimum absolute atomic E-state index is 0.208. The van der Waals surface area contributed by atoms with Crippen LogP contribution in [0.5, 0.6) is 11.5 Å². The number of nitrogens with zero attached hydrogens (tertiary/aromatic N) is 4. The van der Waals surface area contributed by atoms with Gasteiger partial charge < -0.3 is 14.8 Å². The van der Waals surface area contributed by atoms with Crippen molar-refractivity contribution in [3.63, 3.8) is 0 Å². The number of hydrogen-bond acceptors (Lipinski definition) is 6. The molecule has 0 aliphatic rings. The summed E-state index contributed by atoms with van der Waals surface area (Å²) in [5.74, 6) is -0.246. The zero-order chi connectivity index (χ0) is 27.9. The molecule has 0 radical (unpaired) electrons. The van der Waals surface area contributed by atoms with Crippen molar-refractivity contribution >= 4 is 28.5 Å². The molecule has 0 saturated carbocycles. The maximum Gasteiger partial charge on any atom is 0.249 e. The van der Waals surface area contributed by atoms with E-state index in [0.29, 0.717) is 46.2 Å². The van der Waals surface area contributed by atoms with E-state index in [0.717, 1.165) is 6.42 Å². The first-order valence-corrected chi connectivity index (χ1v) is 12.7. The molecule has 0 fully saturated rings. The summed E-state index contributed by atoms with van der Waals surface area (Å²) in [4.78, 5) is 29.3. The highest BCUT2D eigenvalue weighted by Crippen LogP contribution is 2.39. The molecule has 3 aromatic carbocycles. The maximum absolute atomic E-state index is 14.1. The number of fused-ring (bicyclic) bond motifs is 1. The normalized spacial score (nSPS) is 11.8. The minimum Gasteiger partial charge on any atom is -0.493 e. The third-order valence-electron chi connectivity index (χ3n) is 6.33. The Bertz CT molecular complexity index is 1440. The van der Waals surface area contributed by atoms with Crippen LogP contribution in [0, 0.1) is 11.7 Å². The van der Waals surface area contributed by atoms with Crippen LogP contribution in [0.15, 0.2) is 66.7 Å². The number of anilines is 1. The zero-order valence-electron chi connectivity index (χ0n) is 22.4. The number of amides is 2. The number of rotatable bonds is 11. The van der Waals surface area contributed by atoms with Crippen molar-refractivity contribution in [1.29, 1.82) is 0 Å². The van der Waals surface area contributed by atoms with Gasteiger partial charge in [-0.2, -0.15) is 0 Å². The van der Waals surface area contributed by atoms with Crippen LogP contribution in [-0.4, -0.2) is 47.6 Å². The number of carbonyl (C=O) groups is 2. The van der Waals surface area contributed by atoms with E-state index in [1.807, 2.05) is 18.2 Å². The molecule has 1 atom stereocenters. The highest BCUT2D eigenvalue weighted by atomic mass is 19.1. The summed E-state index contributed by atoms with van der Waals surface area (Å²) < 4.78 is 26.5. The molecule has 0 aliphatic carbocycles. The van der Waals surface area contributed by atoms with E-state index in [1.54, 1.807) is 24.3 Å². The molecule has 2 amide bonds. The molecule has 0 aliphatic heterocycles. The lowest BCUT2D eigenvalue weighted by Gasteiger charge is -2.32. The first kappa shape index (κ1) is 27.6. The fraction of sp³-hybridized carbons (Fsp3) is 0.310. The largest absolute Gasteiger partial charge is 0.493 e. The van der Waals surface area contributed by atoms with Crippen LogP contribution in [0.4, 0.5) is 10.1 Å². The number of carbonyl (C=O) groups excluding carboxylic acids is 2. The lowest BCUT2D eigenvalue weighted by atomic mass is 10.0. The van der Waals surface area contributed by atoms with Gasteiger partial charge in [-0.1, -0.05) is 43.3 Å². The Kier molecular flexibility index (Phi) is 8.75. The maximum atomic E-state index is 14.1. The lowest BCUT2D eigenvalue weighted by Crippen LogP contribution is -2.45. The number of aromatic nitrogens is 3. The van der Waals surface area contributed by atoms with E-state index >= 15 is 0 Å². The smallest absolute Gasteiger partial charge is 0.249 e. The van der Waals surface area contributed by atoms with E-state index < -0.39 is 23.7 Å². The number of nitrogens with one attached hydrogen (secondary N) is 1. The molecule has 1 heterocycles. The number of hydrogen-bond donors (Lipinski definition) is 1. The molecule has 4 aromatic rings. The molecule has 0 spiro atoms. The Morgan fingerprint density at radius 1 is 1.00 bits per heavy atom. The molecule has 4 rings (SSSR count). The minimum atomic E-state index is -1.16. The van der Waals surface area contributed by atoms with Gasteiger partial charge in [-0.3, -0.25) is 14.5 Å². The van der Waals surface area contributed by atoms with Crippen molar-refractivity contribution in [2.24, 2.45) is 5.92 Å². The fourth-order valence-electron chi connectivity index (χ4n) is 4.38. The van der Waals surface area contributed by atoms with Gasteiger partial charge in [0, 0.05) is 17.8 Å². The third kappa shape index (κ3) is 6.17. The van der Waals surface area contributed by atoms with Crippen molar-refractivity contribution < 1.29 is 23.5 Å². The second-order valence-electron chi connectivity index (χ2n) is 9.43. The molecule has 10 heteroatoms. The van der Waals surface area contributed by atoms with Crippen LogP contribution in [-0.2, 0) is 16.1 Å². The molecule has 1 N–H and O–H groups in total. The van der Waals surface area contributed by atoms with Gasteiger partial charge in [-0.15, -0.1) is 5.10 Å². The van der Waals surface area contributed by atoms with Crippen LogP contribution in [0.2, 0.25) is 0 Å². The van der Waals surface area contributed by atoms with Gasteiger partial charge in [-0.05, 0) is 54.8 Å². The molecule has 204 valence electrons. The van der Waals surface area contributed by atoms with Gasteiger partial charge in [0.25, 0.3) is 0 Å². The topological polar surface area (TPSA) is 98.6 Å². The van der Waals surface area contributed by atoms with Gasteiger partial charge in [0.05, 0.1) is 19.7 Å². The van der Waals surface area contributed by atoms with Crippen molar-refractivity contribution in [1.82, 2.24) is 20.3 Å². The average Bonchev–Trinajstić information content (AvgIpc) is 3.34. The van der Waals surface area contributed by atoms with E-state index in [9.17, 15) is 14.0 Å². The van der Waals surface area contributed by atoms with Crippen molar-refractivity contribution in [2.75, 3.05) is 25.7 Å². The van der Waals surface area contributed by atoms with Gasteiger partial charge in [0.1, 0.15) is 23.9 Å². The summed E-state index contributed by atoms with van der Waals surface area (Å²) in [6.07, 6.45) is 0.753. The summed E-state index contributed by atoms with van der Waals surface area (Å²) in [5.41, 5.74) is 2.05. The van der Waals surface area contributed by atoms with Crippen LogP contribution in [0.25, 0.3) is 11.0 Å². The van der Waals surface area contributed by atoms with E-state index in [2.05, 4.69) is 29.5 Å². The van der Waals surface area contributed by atoms with Gasteiger partial charge >= 0.3 is 0 Å². The van der Waals surface area contributed by atoms with Gasteiger partial charge in [-0.25, -0.2) is 9.07 Å². The molecule has 1 aromatic heterocycles. The molecular weight excluding hydrogens is 501 g/mol. The number of benzene rings is 3. The molecular formula is C29H32FN5O4. The van der Waals surface area contributed by atoms with Gasteiger partial charge in [0.2, 0.25) is 11.8 Å². The van der Waals surface area contributed by atoms with Crippen LogP contribution >= 0.6 is 0 Å². The zero-order valence-corrected chi connectivity index (χ0v) is 22.4. The first-order valence-electron chi connectivity index (χ1n) is 12.7. The highest BCUT2D eigenvalue weighted by molar-refractivity contribution is 6.02. The van der Waals surface area contributed by atoms with Crippen molar-refractivity contribution in [3.05, 3.63) is 78.1 Å². The number of ether oxygens (including phenoxy) is 2. The van der Waals surface area contributed by atoms with Crippen molar-refractivity contribution in [2.45, 2.75) is 32.9 Å². The van der Waals surface area contributed by atoms with E-state index in [-0.39, 0.29) is 6.54 Å². The van der Waals surface area contributed by atoms with Crippen LogP contribution < -0.4 is 19.7 Å². The van der Waals surface area contributed by atoms with E-state index in [4.69, 9.17) is 9.47 Å². The SMILES string of the molecule is COc1cccc([C@@H](C(=O)NCCC(C)C)N(C(=O)Cn2nnc3ccccc32)c2ccc(F)cc2)c1OC. The quantitative estimate of drug-likeness (QED) is 0.304. The van der Waals surface area contributed by atoms with Gasteiger partial charge in [0.15, 0.2) is 11.5 Å². The van der Waals surface area contributed by atoms with Crippen LogP contribution in [0.1, 0.15) is 31.9 Å². The molecule has 0 bridgehead atoms. The van der Waals surface area contributed by atoms with E-state index in [1.165, 1.54) is 48.1 Å². The Labute approximate surface area is 226 Å². The molecule has 39 heavy (non-hydrogen) atoms. The molecule has 9 nitrogen and oxygen atoms in total. The Balaban J connectivity index is 1.84. The molecule has 0 unspecified atom stereocenters. The monoisotopic (exact) mass is 533 g/mol. The summed E-state index contributed by atoms with van der Waals surface area (Å²) in [5, 5.41) is 11.3. The molecule has 0 saturated heterocycles. The summed E-state index contributed by atoms with van der Waals surface area (Å²) >= 11 is 0. The Morgan fingerprint density at radius 3 is 2.44 bits per heavy atom. The fourth-order valence-corrected chi connectivity index (χ4v) is 4.38. The third-order valence-corrected chi connectivity index (χ3v) is 6.33. The summed E-state index contributed by atoms with van der Waals surface area (Å²) in [7, 11) is 2.97. The number of para-hydroxylation sites is 2. The Hall–Kier alpha value is -4.47. The first-order chi connectivity index (χ1) is 18.8. The second-order valence-corrected chi connectivity index (χ2v) is 9.43. The predicted octanol–water partition coefficient (Wildman–Crippen LogP) is 4.52. The predicted molar refractivity (Wildman–Crippen MR) is 146 cm³/mol. The standard InChI is InChI=1S/C29H32FN5O4/c1-19(2)16-17-31-29(37)27(22-8-7-11-25(38-3)28(22)39-4)35(21-14-12-20(30)13-15-21)26(36)18-34-24-10-6-5-9-23(24)32-33-34/h5-15,19,27H,16-18H2,1-4H3,(H,31,37)/t27-/m0/s1. The van der Waals surface area contributed by atoms with Crippen LogP contribution in [0.3, 0.4) is 0 Å². The second kappa shape index (κ2) is 12.4. The van der Waals surface area contributed by atoms with Crippen molar-refractivity contribution in [3.8, 4) is 11.5 Å². The number of halogens is 1. The Morgan fingerprint density at radius 2 is 1.74 bits per heavy atom. The highest BCUT2D eigenvalue weighted by Gasteiger charge is 2.36. The average molecular weight is 534 g/mol.